The molecule has 3 nitrogen and oxygen atoms in total. The van der Waals surface area contributed by atoms with Crippen molar-refractivity contribution in [3.8, 4) is 0 Å². The van der Waals surface area contributed by atoms with E-state index in [0.29, 0.717) is 25.7 Å². The molecule has 1 atom stereocenters. The van der Waals surface area contributed by atoms with Gasteiger partial charge in [0, 0.05) is 13.2 Å². The standard InChI is InChI=1S/C12H26O3/c1-5-6-13-7-8-14-10-12(4)15-9-11(2)3/h11-12H,5-10H2,1-4H3. The van der Waals surface area contributed by atoms with Crippen LogP contribution >= 0.6 is 0 Å². The van der Waals surface area contributed by atoms with E-state index >= 15 is 0 Å². The van der Waals surface area contributed by atoms with Crippen LogP contribution in [-0.4, -0.2) is 39.1 Å². The van der Waals surface area contributed by atoms with Crippen molar-refractivity contribution in [2.45, 2.75) is 40.2 Å². The van der Waals surface area contributed by atoms with Crippen LogP contribution in [0.15, 0.2) is 0 Å². The highest BCUT2D eigenvalue weighted by Crippen LogP contribution is 1.98. The zero-order valence-corrected chi connectivity index (χ0v) is 10.6. The third kappa shape index (κ3) is 11.8. The molecule has 0 aliphatic rings. The zero-order valence-electron chi connectivity index (χ0n) is 10.6. The van der Waals surface area contributed by atoms with Crippen LogP contribution in [-0.2, 0) is 14.2 Å². The van der Waals surface area contributed by atoms with Crippen LogP contribution in [0.4, 0.5) is 0 Å². The fourth-order valence-corrected chi connectivity index (χ4v) is 1.02. The quantitative estimate of drug-likeness (QED) is 0.527. The number of hydrogen-bond donors (Lipinski definition) is 0. The number of ether oxygens (including phenoxy) is 3. The molecular formula is C12H26O3. The summed E-state index contributed by atoms with van der Waals surface area (Å²) >= 11 is 0. The van der Waals surface area contributed by atoms with Crippen LogP contribution < -0.4 is 0 Å². The lowest BCUT2D eigenvalue weighted by atomic mass is 10.2. The molecule has 3 heteroatoms. The van der Waals surface area contributed by atoms with Gasteiger partial charge in [0.15, 0.2) is 0 Å². The van der Waals surface area contributed by atoms with Gasteiger partial charge in [-0.15, -0.1) is 0 Å². The van der Waals surface area contributed by atoms with E-state index in [4.69, 9.17) is 14.2 Å². The second kappa shape index (κ2) is 10.4. The predicted molar refractivity (Wildman–Crippen MR) is 62.2 cm³/mol. The molecule has 0 N–H and O–H groups in total. The highest BCUT2D eigenvalue weighted by molar-refractivity contribution is 4.49. The Balaban J connectivity index is 3.13. The maximum atomic E-state index is 5.57. The molecule has 0 rings (SSSR count). The van der Waals surface area contributed by atoms with Gasteiger partial charge in [-0.2, -0.15) is 0 Å². The Kier molecular flexibility index (Phi) is 10.3. The molecule has 0 aromatic carbocycles. The first-order chi connectivity index (χ1) is 7.16. The summed E-state index contributed by atoms with van der Waals surface area (Å²) in [5.74, 6) is 0.584. The first-order valence-corrected chi connectivity index (χ1v) is 5.93. The second-order valence-electron chi connectivity index (χ2n) is 4.23. The van der Waals surface area contributed by atoms with Crippen molar-refractivity contribution in [2.24, 2.45) is 5.92 Å². The van der Waals surface area contributed by atoms with Crippen LogP contribution in [0.1, 0.15) is 34.1 Å². The highest BCUT2D eigenvalue weighted by Gasteiger charge is 2.03. The molecule has 0 aromatic rings. The van der Waals surface area contributed by atoms with Crippen LogP contribution in [0.5, 0.6) is 0 Å². The Morgan fingerprint density at radius 1 is 0.867 bits per heavy atom. The first-order valence-electron chi connectivity index (χ1n) is 5.93. The third-order valence-corrected chi connectivity index (χ3v) is 1.79. The monoisotopic (exact) mass is 218 g/mol. The van der Waals surface area contributed by atoms with Crippen molar-refractivity contribution in [1.82, 2.24) is 0 Å². The highest BCUT2D eigenvalue weighted by atomic mass is 16.5. The van der Waals surface area contributed by atoms with Crippen molar-refractivity contribution in [3.63, 3.8) is 0 Å². The topological polar surface area (TPSA) is 27.7 Å². The van der Waals surface area contributed by atoms with Gasteiger partial charge < -0.3 is 14.2 Å². The van der Waals surface area contributed by atoms with Gasteiger partial charge in [0.05, 0.1) is 25.9 Å². The van der Waals surface area contributed by atoms with E-state index in [1.165, 1.54) is 0 Å². The molecule has 0 fully saturated rings. The maximum Gasteiger partial charge on any atom is 0.0780 e. The van der Waals surface area contributed by atoms with Crippen LogP contribution in [0, 0.1) is 5.92 Å². The number of rotatable bonds is 10. The van der Waals surface area contributed by atoms with Gasteiger partial charge in [0.25, 0.3) is 0 Å². The van der Waals surface area contributed by atoms with Crippen molar-refractivity contribution < 1.29 is 14.2 Å². The smallest absolute Gasteiger partial charge is 0.0780 e. The van der Waals surface area contributed by atoms with Gasteiger partial charge >= 0.3 is 0 Å². The molecule has 0 amide bonds. The molecular weight excluding hydrogens is 192 g/mol. The summed E-state index contributed by atoms with van der Waals surface area (Å²) in [5, 5.41) is 0. The third-order valence-electron chi connectivity index (χ3n) is 1.79. The van der Waals surface area contributed by atoms with Crippen molar-refractivity contribution in [2.75, 3.05) is 33.0 Å². The minimum absolute atomic E-state index is 0.179. The SMILES string of the molecule is CCCOCCOCC(C)OCC(C)C. The Bertz CT molecular complexity index is 126. The molecule has 0 aliphatic heterocycles. The summed E-state index contributed by atoms with van der Waals surface area (Å²) in [6.45, 7) is 12.1. The lowest BCUT2D eigenvalue weighted by molar-refractivity contribution is -0.0301. The molecule has 92 valence electrons. The van der Waals surface area contributed by atoms with E-state index in [1.807, 2.05) is 6.92 Å². The van der Waals surface area contributed by atoms with E-state index in [2.05, 4.69) is 20.8 Å². The molecule has 0 saturated heterocycles. The fourth-order valence-electron chi connectivity index (χ4n) is 1.02. The zero-order chi connectivity index (χ0) is 11.5. The van der Waals surface area contributed by atoms with Crippen molar-refractivity contribution in [1.29, 1.82) is 0 Å². The summed E-state index contributed by atoms with van der Waals surface area (Å²) in [5.41, 5.74) is 0. The normalized spacial score (nSPS) is 13.4. The first kappa shape index (κ1) is 14.9. The average molecular weight is 218 g/mol. The van der Waals surface area contributed by atoms with Gasteiger partial charge in [-0.3, -0.25) is 0 Å². The molecule has 0 spiro atoms. The van der Waals surface area contributed by atoms with Gasteiger partial charge in [-0.05, 0) is 19.3 Å². The van der Waals surface area contributed by atoms with E-state index < -0.39 is 0 Å². The molecule has 0 aromatic heterocycles. The van der Waals surface area contributed by atoms with Crippen LogP contribution in [0.3, 0.4) is 0 Å². The predicted octanol–water partition coefficient (Wildman–Crippen LogP) is 2.49. The molecule has 1 unspecified atom stereocenters. The lowest BCUT2D eigenvalue weighted by Gasteiger charge is -2.14. The lowest BCUT2D eigenvalue weighted by Crippen LogP contribution is -2.20. The van der Waals surface area contributed by atoms with Crippen molar-refractivity contribution in [3.05, 3.63) is 0 Å². The molecule has 15 heavy (non-hydrogen) atoms. The minimum atomic E-state index is 0.179. The van der Waals surface area contributed by atoms with Crippen LogP contribution in [0.2, 0.25) is 0 Å². The second-order valence-corrected chi connectivity index (χ2v) is 4.23. The van der Waals surface area contributed by atoms with Gasteiger partial charge in [0.1, 0.15) is 0 Å². The maximum absolute atomic E-state index is 5.57. The average Bonchev–Trinajstić information content (AvgIpc) is 2.20. The van der Waals surface area contributed by atoms with E-state index in [-0.39, 0.29) is 6.10 Å². The summed E-state index contributed by atoms with van der Waals surface area (Å²) in [7, 11) is 0. The van der Waals surface area contributed by atoms with Gasteiger partial charge in [-0.25, -0.2) is 0 Å². The van der Waals surface area contributed by atoms with Gasteiger partial charge in [-0.1, -0.05) is 20.8 Å². The van der Waals surface area contributed by atoms with E-state index in [9.17, 15) is 0 Å². The van der Waals surface area contributed by atoms with Crippen molar-refractivity contribution >= 4 is 0 Å². The Hall–Kier alpha value is -0.120. The molecule has 0 heterocycles. The Labute approximate surface area is 94.1 Å². The largest absolute Gasteiger partial charge is 0.379 e. The summed E-state index contributed by atoms with van der Waals surface area (Å²) in [4.78, 5) is 0. The Morgan fingerprint density at radius 3 is 2.13 bits per heavy atom. The molecule has 0 bridgehead atoms. The van der Waals surface area contributed by atoms with E-state index in [0.717, 1.165) is 19.6 Å². The molecule has 0 radical (unpaired) electrons. The summed E-state index contributed by atoms with van der Waals surface area (Å²) in [6, 6.07) is 0. The summed E-state index contributed by atoms with van der Waals surface area (Å²) < 4.78 is 16.3. The molecule has 0 aliphatic carbocycles. The van der Waals surface area contributed by atoms with Crippen LogP contribution in [0.25, 0.3) is 0 Å². The number of hydrogen-bond acceptors (Lipinski definition) is 3. The minimum Gasteiger partial charge on any atom is -0.379 e. The fraction of sp³-hybridized carbons (Fsp3) is 1.00. The Morgan fingerprint density at radius 2 is 1.53 bits per heavy atom. The van der Waals surface area contributed by atoms with E-state index in [1.54, 1.807) is 0 Å². The summed E-state index contributed by atoms with van der Waals surface area (Å²) in [6.07, 6.45) is 1.24. The van der Waals surface area contributed by atoms with Gasteiger partial charge in [0.2, 0.25) is 0 Å². The molecule has 0 saturated carbocycles.